The first-order chi connectivity index (χ1) is 8.99. The number of nitrogens with one attached hydrogen (secondary N) is 1. The molecule has 102 valence electrons. The van der Waals surface area contributed by atoms with Gasteiger partial charge in [-0.2, -0.15) is 0 Å². The van der Waals surface area contributed by atoms with Gasteiger partial charge in [0.05, 0.1) is 6.54 Å². The fourth-order valence-electron chi connectivity index (χ4n) is 2.25. The van der Waals surface area contributed by atoms with Crippen LogP contribution >= 0.6 is 0 Å². The molecule has 3 N–H and O–H groups in total. The lowest BCUT2D eigenvalue weighted by molar-refractivity contribution is -0.119. The number of primary amides is 1. The second-order valence-corrected chi connectivity index (χ2v) is 5.08. The number of carbonyl (C=O) groups is 2. The zero-order valence-electron chi connectivity index (χ0n) is 11.3. The van der Waals surface area contributed by atoms with Crippen LogP contribution in [0.5, 0.6) is 0 Å². The van der Waals surface area contributed by atoms with Crippen LogP contribution in [-0.2, 0) is 17.9 Å². The molecule has 19 heavy (non-hydrogen) atoms. The van der Waals surface area contributed by atoms with Crippen molar-refractivity contribution < 1.29 is 9.59 Å². The summed E-state index contributed by atoms with van der Waals surface area (Å²) < 4.78 is 0. The van der Waals surface area contributed by atoms with Crippen molar-refractivity contribution in [1.82, 2.24) is 10.2 Å². The third-order valence-electron chi connectivity index (χ3n) is 3.29. The average Bonchev–Trinajstić information content (AvgIpc) is 2.81. The smallest absolute Gasteiger partial charge is 0.254 e. The molecule has 0 spiro atoms. The summed E-state index contributed by atoms with van der Waals surface area (Å²) in [6.07, 6.45) is 0. The number of hydrogen-bond acceptors (Lipinski definition) is 3. The molecule has 1 aliphatic heterocycles. The standard InChI is InChI=1S/C14H19N3O2/c1-9(2)17(8-13(15)18)14(19)10-3-4-11-6-16-7-12(11)5-10/h3-5,9,16H,6-8H2,1-2H3,(H2,15,18). The quantitative estimate of drug-likeness (QED) is 0.834. The first kappa shape index (κ1) is 13.5. The summed E-state index contributed by atoms with van der Waals surface area (Å²) in [6, 6.07) is 5.61. The fourth-order valence-corrected chi connectivity index (χ4v) is 2.25. The van der Waals surface area contributed by atoms with Crippen molar-refractivity contribution in [3.05, 3.63) is 34.9 Å². The van der Waals surface area contributed by atoms with Crippen molar-refractivity contribution in [2.24, 2.45) is 5.73 Å². The summed E-state index contributed by atoms with van der Waals surface area (Å²) in [5, 5.41) is 3.24. The molecule has 0 radical (unpaired) electrons. The van der Waals surface area contributed by atoms with Crippen LogP contribution in [0.3, 0.4) is 0 Å². The van der Waals surface area contributed by atoms with Gasteiger partial charge in [0.25, 0.3) is 5.91 Å². The maximum Gasteiger partial charge on any atom is 0.254 e. The largest absolute Gasteiger partial charge is 0.368 e. The number of amides is 2. The molecular formula is C14H19N3O2. The molecule has 1 aromatic carbocycles. The summed E-state index contributed by atoms with van der Waals surface area (Å²) in [5.41, 5.74) is 8.17. The van der Waals surface area contributed by atoms with Gasteiger partial charge >= 0.3 is 0 Å². The van der Waals surface area contributed by atoms with Crippen LogP contribution in [0.25, 0.3) is 0 Å². The Balaban J connectivity index is 2.24. The van der Waals surface area contributed by atoms with Gasteiger partial charge in [-0.1, -0.05) is 6.07 Å². The van der Waals surface area contributed by atoms with Crippen LogP contribution in [0.4, 0.5) is 0 Å². The van der Waals surface area contributed by atoms with Gasteiger partial charge < -0.3 is 16.0 Å². The molecule has 1 heterocycles. The van der Waals surface area contributed by atoms with Gasteiger partial charge in [0, 0.05) is 24.7 Å². The van der Waals surface area contributed by atoms with E-state index < -0.39 is 5.91 Å². The number of carbonyl (C=O) groups excluding carboxylic acids is 2. The topological polar surface area (TPSA) is 75.4 Å². The Morgan fingerprint density at radius 3 is 2.63 bits per heavy atom. The third kappa shape index (κ3) is 2.93. The van der Waals surface area contributed by atoms with E-state index >= 15 is 0 Å². The zero-order valence-corrected chi connectivity index (χ0v) is 11.3. The van der Waals surface area contributed by atoms with E-state index in [2.05, 4.69) is 5.32 Å². The van der Waals surface area contributed by atoms with E-state index in [1.54, 1.807) is 0 Å². The SMILES string of the molecule is CC(C)N(CC(N)=O)C(=O)c1ccc2c(c1)CNC2. The molecule has 0 bridgehead atoms. The van der Waals surface area contributed by atoms with Crippen LogP contribution in [0, 0.1) is 0 Å². The first-order valence-electron chi connectivity index (χ1n) is 6.41. The summed E-state index contributed by atoms with van der Waals surface area (Å²) in [5.74, 6) is -0.645. The molecular weight excluding hydrogens is 242 g/mol. The van der Waals surface area contributed by atoms with Gasteiger partial charge in [-0.25, -0.2) is 0 Å². The molecule has 2 rings (SSSR count). The van der Waals surface area contributed by atoms with E-state index in [0.717, 1.165) is 18.7 Å². The highest BCUT2D eigenvalue weighted by Gasteiger charge is 2.22. The minimum atomic E-state index is -0.495. The average molecular weight is 261 g/mol. The summed E-state index contributed by atoms with van der Waals surface area (Å²) in [6.45, 7) is 5.32. The Morgan fingerprint density at radius 2 is 2.00 bits per heavy atom. The normalized spacial score (nSPS) is 13.4. The molecule has 5 nitrogen and oxygen atoms in total. The highest BCUT2D eigenvalue weighted by Crippen LogP contribution is 2.18. The monoisotopic (exact) mass is 261 g/mol. The molecule has 2 amide bonds. The predicted octanol–water partition coefficient (Wildman–Crippen LogP) is 0.626. The molecule has 0 saturated carbocycles. The van der Waals surface area contributed by atoms with Gasteiger partial charge in [-0.05, 0) is 37.1 Å². The van der Waals surface area contributed by atoms with E-state index in [1.807, 2.05) is 32.0 Å². The molecule has 1 aromatic rings. The summed E-state index contributed by atoms with van der Waals surface area (Å²) in [7, 11) is 0. The Hall–Kier alpha value is -1.88. The predicted molar refractivity (Wildman–Crippen MR) is 72.4 cm³/mol. The first-order valence-corrected chi connectivity index (χ1v) is 6.41. The second-order valence-electron chi connectivity index (χ2n) is 5.08. The van der Waals surface area contributed by atoms with Crippen LogP contribution in [0.15, 0.2) is 18.2 Å². The van der Waals surface area contributed by atoms with Crippen molar-refractivity contribution in [2.75, 3.05) is 6.54 Å². The Morgan fingerprint density at radius 1 is 1.32 bits per heavy atom. The lowest BCUT2D eigenvalue weighted by Crippen LogP contribution is -2.42. The maximum atomic E-state index is 12.4. The zero-order chi connectivity index (χ0) is 14.0. The molecule has 0 fully saturated rings. The summed E-state index contributed by atoms with van der Waals surface area (Å²) >= 11 is 0. The highest BCUT2D eigenvalue weighted by atomic mass is 16.2. The van der Waals surface area contributed by atoms with Crippen molar-refractivity contribution in [1.29, 1.82) is 0 Å². The Kier molecular flexibility index (Phi) is 3.85. The summed E-state index contributed by atoms with van der Waals surface area (Å²) in [4.78, 5) is 25.0. The van der Waals surface area contributed by atoms with Gasteiger partial charge in [0.1, 0.15) is 0 Å². The number of nitrogens with two attached hydrogens (primary N) is 1. The van der Waals surface area contributed by atoms with E-state index in [1.165, 1.54) is 10.5 Å². The number of nitrogens with zero attached hydrogens (tertiary/aromatic N) is 1. The van der Waals surface area contributed by atoms with Gasteiger partial charge in [-0.15, -0.1) is 0 Å². The molecule has 0 atom stereocenters. The van der Waals surface area contributed by atoms with Crippen molar-refractivity contribution in [2.45, 2.75) is 33.0 Å². The third-order valence-corrected chi connectivity index (χ3v) is 3.29. The minimum absolute atomic E-state index is 0.0498. The number of hydrogen-bond donors (Lipinski definition) is 2. The van der Waals surface area contributed by atoms with Crippen LogP contribution < -0.4 is 11.1 Å². The van der Waals surface area contributed by atoms with Crippen molar-refractivity contribution in [3.63, 3.8) is 0 Å². The van der Waals surface area contributed by atoms with E-state index in [0.29, 0.717) is 5.56 Å². The Bertz CT molecular complexity index is 511. The van der Waals surface area contributed by atoms with E-state index in [4.69, 9.17) is 5.73 Å². The minimum Gasteiger partial charge on any atom is -0.368 e. The molecule has 0 aromatic heterocycles. The highest BCUT2D eigenvalue weighted by molar-refractivity contribution is 5.96. The molecule has 0 unspecified atom stereocenters. The Labute approximate surface area is 112 Å². The van der Waals surface area contributed by atoms with E-state index in [-0.39, 0.29) is 18.5 Å². The number of rotatable bonds is 4. The second kappa shape index (κ2) is 5.40. The van der Waals surface area contributed by atoms with Crippen molar-refractivity contribution >= 4 is 11.8 Å². The number of fused-ring (bicyclic) bond motifs is 1. The van der Waals surface area contributed by atoms with Crippen LogP contribution in [0.2, 0.25) is 0 Å². The molecule has 1 aliphatic rings. The molecule has 0 aliphatic carbocycles. The molecule has 5 heteroatoms. The number of benzene rings is 1. The van der Waals surface area contributed by atoms with Crippen LogP contribution in [-0.4, -0.2) is 29.3 Å². The lowest BCUT2D eigenvalue weighted by atomic mass is 10.1. The van der Waals surface area contributed by atoms with Gasteiger partial charge in [0.15, 0.2) is 0 Å². The molecule has 0 saturated heterocycles. The van der Waals surface area contributed by atoms with Gasteiger partial charge in [0.2, 0.25) is 5.91 Å². The fraction of sp³-hybridized carbons (Fsp3) is 0.429. The lowest BCUT2D eigenvalue weighted by Gasteiger charge is -2.25. The van der Waals surface area contributed by atoms with Crippen LogP contribution in [0.1, 0.15) is 35.3 Å². The van der Waals surface area contributed by atoms with Gasteiger partial charge in [-0.3, -0.25) is 9.59 Å². The van der Waals surface area contributed by atoms with Crippen molar-refractivity contribution in [3.8, 4) is 0 Å². The van der Waals surface area contributed by atoms with E-state index in [9.17, 15) is 9.59 Å². The maximum absolute atomic E-state index is 12.4.